The number of unbranched alkanes of at least 4 members (excludes halogenated alkanes) is 7. The minimum Gasteiger partial charge on any atom is -0.389 e. The van der Waals surface area contributed by atoms with Crippen LogP contribution in [0.2, 0.25) is 0 Å². The van der Waals surface area contributed by atoms with E-state index in [0.717, 1.165) is 24.8 Å². The summed E-state index contributed by atoms with van der Waals surface area (Å²) in [5.74, 6) is 0. The molecule has 2 atom stereocenters. The van der Waals surface area contributed by atoms with E-state index in [0.29, 0.717) is 6.42 Å². The van der Waals surface area contributed by atoms with Crippen molar-refractivity contribution >= 4 is 0 Å². The zero-order valence-electron chi connectivity index (χ0n) is 15.1. The van der Waals surface area contributed by atoms with Gasteiger partial charge in [-0.25, -0.2) is 0 Å². The first-order valence-electron chi connectivity index (χ1n) is 9.13. The van der Waals surface area contributed by atoms with E-state index in [-0.39, 0.29) is 6.10 Å². The van der Waals surface area contributed by atoms with Gasteiger partial charge in [-0.3, -0.25) is 0 Å². The standard InChI is InChI=1S/C20H38O2/c1-5-7-8-9-10-11-12-13-16-19(21)18(3)15-14-17-20(4,22)6-2/h6,15,19,21-22H,2,5,7-14,16-17H2,1,3-4H3/b18-15+/t19?,20-/m1/s1. The zero-order valence-corrected chi connectivity index (χ0v) is 15.1. The maximum absolute atomic E-state index is 10.1. The minimum atomic E-state index is -0.806. The van der Waals surface area contributed by atoms with Crippen LogP contribution in [0.5, 0.6) is 0 Å². The number of hydrogen-bond donors (Lipinski definition) is 2. The van der Waals surface area contributed by atoms with Gasteiger partial charge < -0.3 is 10.2 Å². The molecule has 1 unspecified atom stereocenters. The van der Waals surface area contributed by atoms with Crippen LogP contribution in [-0.4, -0.2) is 21.9 Å². The fourth-order valence-corrected chi connectivity index (χ4v) is 2.53. The summed E-state index contributed by atoms with van der Waals surface area (Å²) in [7, 11) is 0. The van der Waals surface area contributed by atoms with Gasteiger partial charge in [0.15, 0.2) is 0 Å². The Morgan fingerprint density at radius 1 is 1.09 bits per heavy atom. The first-order chi connectivity index (χ1) is 10.4. The smallest absolute Gasteiger partial charge is 0.0800 e. The van der Waals surface area contributed by atoms with Gasteiger partial charge in [-0.15, -0.1) is 6.58 Å². The Balaban J connectivity index is 3.69. The van der Waals surface area contributed by atoms with E-state index in [4.69, 9.17) is 0 Å². The molecule has 2 heteroatoms. The van der Waals surface area contributed by atoms with Gasteiger partial charge in [0.05, 0.1) is 11.7 Å². The van der Waals surface area contributed by atoms with E-state index in [2.05, 4.69) is 13.5 Å². The van der Waals surface area contributed by atoms with Crippen molar-refractivity contribution in [1.29, 1.82) is 0 Å². The molecule has 130 valence electrons. The van der Waals surface area contributed by atoms with E-state index in [1.165, 1.54) is 44.9 Å². The Morgan fingerprint density at radius 2 is 1.64 bits per heavy atom. The summed E-state index contributed by atoms with van der Waals surface area (Å²) in [6.07, 6.45) is 15.9. The van der Waals surface area contributed by atoms with Gasteiger partial charge >= 0.3 is 0 Å². The molecule has 0 heterocycles. The second kappa shape index (κ2) is 12.9. The quantitative estimate of drug-likeness (QED) is 0.326. The lowest BCUT2D eigenvalue weighted by atomic mass is 9.97. The summed E-state index contributed by atoms with van der Waals surface area (Å²) < 4.78 is 0. The molecule has 0 rings (SSSR count). The van der Waals surface area contributed by atoms with E-state index in [1.54, 1.807) is 13.0 Å². The van der Waals surface area contributed by atoms with Crippen LogP contribution in [0.1, 0.15) is 91.4 Å². The molecule has 0 aromatic heterocycles. The molecular formula is C20H38O2. The summed E-state index contributed by atoms with van der Waals surface area (Å²) in [5, 5.41) is 20.0. The van der Waals surface area contributed by atoms with Gasteiger partial charge in [0, 0.05) is 0 Å². The van der Waals surface area contributed by atoms with Crippen LogP contribution in [0.4, 0.5) is 0 Å². The van der Waals surface area contributed by atoms with Gasteiger partial charge in [0.1, 0.15) is 0 Å². The Labute approximate surface area is 138 Å². The predicted octanol–water partition coefficient (Wildman–Crippen LogP) is 5.54. The molecule has 0 aliphatic heterocycles. The third kappa shape index (κ3) is 12.0. The van der Waals surface area contributed by atoms with Crippen molar-refractivity contribution in [3.63, 3.8) is 0 Å². The number of aliphatic hydroxyl groups excluding tert-OH is 1. The third-order valence-electron chi connectivity index (χ3n) is 4.41. The summed E-state index contributed by atoms with van der Waals surface area (Å²) in [4.78, 5) is 0. The van der Waals surface area contributed by atoms with Crippen molar-refractivity contribution in [2.75, 3.05) is 0 Å². The van der Waals surface area contributed by atoms with Crippen LogP contribution in [0.25, 0.3) is 0 Å². The molecule has 0 radical (unpaired) electrons. The van der Waals surface area contributed by atoms with Crippen LogP contribution in [0.15, 0.2) is 24.3 Å². The average Bonchev–Trinajstić information content (AvgIpc) is 2.49. The SMILES string of the molecule is C=C[C@@](C)(O)CC/C=C(\C)C(O)CCCCCCCCCC. The second-order valence-electron chi connectivity index (χ2n) is 6.83. The first kappa shape index (κ1) is 21.4. The molecule has 0 spiro atoms. The van der Waals surface area contributed by atoms with Gasteiger partial charge in [-0.2, -0.15) is 0 Å². The van der Waals surface area contributed by atoms with Gasteiger partial charge in [0.25, 0.3) is 0 Å². The maximum atomic E-state index is 10.1. The molecule has 0 fully saturated rings. The lowest BCUT2D eigenvalue weighted by Crippen LogP contribution is -2.19. The molecule has 0 bridgehead atoms. The highest BCUT2D eigenvalue weighted by molar-refractivity contribution is 5.05. The van der Waals surface area contributed by atoms with Crippen molar-refractivity contribution in [1.82, 2.24) is 0 Å². The van der Waals surface area contributed by atoms with Crippen molar-refractivity contribution in [3.8, 4) is 0 Å². The topological polar surface area (TPSA) is 40.5 Å². The molecule has 0 aliphatic rings. The summed E-state index contributed by atoms with van der Waals surface area (Å²) >= 11 is 0. The lowest BCUT2D eigenvalue weighted by Gasteiger charge is -2.17. The summed E-state index contributed by atoms with van der Waals surface area (Å²) in [6, 6.07) is 0. The Kier molecular flexibility index (Phi) is 12.5. The average molecular weight is 311 g/mol. The summed E-state index contributed by atoms with van der Waals surface area (Å²) in [6.45, 7) is 9.62. The van der Waals surface area contributed by atoms with Crippen molar-refractivity contribution in [2.45, 2.75) is 103 Å². The fraction of sp³-hybridized carbons (Fsp3) is 0.800. The molecule has 2 nitrogen and oxygen atoms in total. The fourth-order valence-electron chi connectivity index (χ4n) is 2.53. The number of rotatable bonds is 14. The van der Waals surface area contributed by atoms with Crippen molar-refractivity contribution in [3.05, 3.63) is 24.3 Å². The predicted molar refractivity (Wildman–Crippen MR) is 97.0 cm³/mol. The van der Waals surface area contributed by atoms with E-state index >= 15 is 0 Å². The van der Waals surface area contributed by atoms with Crippen LogP contribution in [-0.2, 0) is 0 Å². The molecular weight excluding hydrogens is 272 g/mol. The van der Waals surface area contributed by atoms with Gasteiger partial charge in [-0.1, -0.05) is 70.4 Å². The van der Waals surface area contributed by atoms with Crippen LogP contribution in [0, 0.1) is 0 Å². The molecule has 0 aromatic carbocycles. The minimum absolute atomic E-state index is 0.325. The highest BCUT2D eigenvalue weighted by Crippen LogP contribution is 2.17. The highest BCUT2D eigenvalue weighted by Gasteiger charge is 2.14. The molecule has 0 aliphatic carbocycles. The monoisotopic (exact) mass is 310 g/mol. The van der Waals surface area contributed by atoms with Crippen molar-refractivity contribution < 1.29 is 10.2 Å². The Bertz CT molecular complexity index is 305. The molecule has 2 N–H and O–H groups in total. The van der Waals surface area contributed by atoms with E-state index < -0.39 is 5.60 Å². The van der Waals surface area contributed by atoms with E-state index in [9.17, 15) is 10.2 Å². The number of aliphatic hydroxyl groups is 2. The molecule has 0 saturated heterocycles. The normalized spacial score (nSPS) is 16.3. The molecule has 22 heavy (non-hydrogen) atoms. The Hall–Kier alpha value is -0.600. The summed E-state index contributed by atoms with van der Waals surface area (Å²) in [5.41, 5.74) is 0.224. The highest BCUT2D eigenvalue weighted by atomic mass is 16.3. The molecule has 0 amide bonds. The Morgan fingerprint density at radius 3 is 2.18 bits per heavy atom. The molecule has 0 saturated carbocycles. The van der Waals surface area contributed by atoms with Crippen LogP contribution < -0.4 is 0 Å². The number of allylic oxidation sites excluding steroid dienone is 1. The lowest BCUT2D eigenvalue weighted by molar-refractivity contribution is 0.103. The van der Waals surface area contributed by atoms with Crippen molar-refractivity contribution in [2.24, 2.45) is 0 Å². The van der Waals surface area contributed by atoms with E-state index in [1.807, 2.05) is 13.0 Å². The molecule has 0 aromatic rings. The van der Waals surface area contributed by atoms with Crippen LogP contribution in [0.3, 0.4) is 0 Å². The van der Waals surface area contributed by atoms with Gasteiger partial charge in [0.2, 0.25) is 0 Å². The largest absolute Gasteiger partial charge is 0.389 e. The first-order valence-corrected chi connectivity index (χ1v) is 9.13. The zero-order chi connectivity index (χ0) is 16.8. The van der Waals surface area contributed by atoms with Crippen LogP contribution >= 0.6 is 0 Å². The number of hydrogen-bond acceptors (Lipinski definition) is 2. The van der Waals surface area contributed by atoms with Gasteiger partial charge in [-0.05, 0) is 38.7 Å². The third-order valence-corrected chi connectivity index (χ3v) is 4.41. The maximum Gasteiger partial charge on any atom is 0.0800 e. The second-order valence-corrected chi connectivity index (χ2v) is 6.83.